The lowest BCUT2D eigenvalue weighted by Crippen LogP contribution is -2.22. The standard InChI is InChI=1S/C21H25NO7S/c1-14-5-7-17(11-15(14)2)30(25,26)10-9-21(24)29-13-20(23)22-18-8-6-16(27-3)12-19(18)28-4/h5-8,11-12H,9-10,13H2,1-4H3,(H,22,23). The highest BCUT2D eigenvalue weighted by Gasteiger charge is 2.18. The molecule has 8 nitrogen and oxygen atoms in total. The van der Waals surface area contributed by atoms with Crippen molar-refractivity contribution in [2.45, 2.75) is 25.2 Å². The number of carbonyl (C=O) groups is 2. The fourth-order valence-corrected chi connectivity index (χ4v) is 3.85. The molecule has 1 amide bonds. The van der Waals surface area contributed by atoms with E-state index in [-0.39, 0.29) is 11.3 Å². The minimum atomic E-state index is -3.63. The molecule has 2 aromatic rings. The van der Waals surface area contributed by atoms with Crippen LogP contribution in [0, 0.1) is 13.8 Å². The molecule has 0 spiro atoms. The van der Waals surface area contributed by atoms with Crippen LogP contribution in [0.4, 0.5) is 5.69 Å². The number of amides is 1. The Morgan fingerprint density at radius 1 is 0.967 bits per heavy atom. The highest BCUT2D eigenvalue weighted by atomic mass is 32.2. The van der Waals surface area contributed by atoms with Crippen molar-refractivity contribution in [3.63, 3.8) is 0 Å². The van der Waals surface area contributed by atoms with Crippen molar-refractivity contribution in [2.24, 2.45) is 0 Å². The van der Waals surface area contributed by atoms with E-state index in [0.717, 1.165) is 11.1 Å². The quantitative estimate of drug-likeness (QED) is 0.603. The molecule has 2 rings (SSSR count). The first-order chi connectivity index (χ1) is 14.2. The van der Waals surface area contributed by atoms with Crippen LogP contribution < -0.4 is 14.8 Å². The van der Waals surface area contributed by atoms with Gasteiger partial charge in [0.15, 0.2) is 16.4 Å². The number of rotatable bonds is 9. The van der Waals surface area contributed by atoms with Gasteiger partial charge >= 0.3 is 5.97 Å². The number of hydrogen-bond acceptors (Lipinski definition) is 7. The van der Waals surface area contributed by atoms with Crippen LogP contribution in [0.15, 0.2) is 41.3 Å². The summed E-state index contributed by atoms with van der Waals surface area (Å²) in [6.45, 7) is 3.16. The first kappa shape index (κ1) is 23.2. The first-order valence-corrected chi connectivity index (χ1v) is 10.8. The molecule has 0 aliphatic rings. The van der Waals surface area contributed by atoms with Crippen LogP contribution in [0.3, 0.4) is 0 Å². The van der Waals surface area contributed by atoms with Crippen LogP contribution in [0.5, 0.6) is 11.5 Å². The maximum atomic E-state index is 12.4. The van der Waals surface area contributed by atoms with Crippen molar-refractivity contribution in [1.29, 1.82) is 0 Å². The van der Waals surface area contributed by atoms with E-state index in [1.807, 2.05) is 13.8 Å². The van der Waals surface area contributed by atoms with E-state index in [9.17, 15) is 18.0 Å². The van der Waals surface area contributed by atoms with Crippen LogP contribution in [0.25, 0.3) is 0 Å². The number of carbonyl (C=O) groups excluding carboxylic acids is 2. The summed E-state index contributed by atoms with van der Waals surface area (Å²) in [5.74, 6) is -0.819. The zero-order valence-electron chi connectivity index (χ0n) is 17.4. The van der Waals surface area contributed by atoms with Gasteiger partial charge in [-0.2, -0.15) is 0 Å². The Labute approximate surface area is 176 Å². The molecule has 0 aromatic heterocycles. The van der Waals surface area contributed by atoms with Crippen LogP contribution in [-0.2, 0) is 24.2 Å². The van der Waals surface area contributed by atoms with Gasteiger partial charge in [-0.05, 0) is 49.2 Å². The average molecular weight is 435 g/mol. The summed E-state index contributed by atoms with van der Waals surface area (Å²) < 4.78 is 39.9. The zero-order valence-corrected chi connectivity index (χ0v) is 18.2. The second-order valence-electron chi connectivity index (χ2n) is 6.59. The van der Waals surface area contributed by atoms with Crippen molar-refractivity contribution in [2.75, 3.05) is 31.9 Å². The van der Waals surface area contributed by atoms with Gasteiger partial charge in [-0.15, -0.1) is 0 Å². The van der Waals surface area contributed by atoms with Crippen LogP contribution in [-0.4, -0.2) is 46.9 Å². The summed E-state index contributed by atoms with van der Waals surface area (Å²) in [7, 11) is -0.676. The fourth-order valence-electron chi connectivity index (χ4n) is 2.55. The number of hydrogen-bond donors (Lipinski definition) is 1. The molecule has 0 aliphatic carbocycles. The van der Waals surface area contributed by atoms with E-state index in [1.54, 1.807) is 30.3 Å². The molecular formula is C21H25NO7S. The molecule has 9 heteroatoms. The molecule has 0 bridgehead atoms. The van der Waals surface area contributed by atoms with Crippen molar-refractivity contribution >= 4 is 27.4 Å². The Bertz CT molecular complexity index is 1030. The van der Waals surface area contributed by atoms with Gasteiger partial charge in [0.1, 0.15) is 11.5 Å². The number of methoxy groups -OCH3 is 2. The SMILES string of the molecule is COc1ccc(NC(=O)COC(=O)CCS(=O)(=O)c2ccc(C)c(C)c2)c(OC)c1. The van der Waals surface area contributed by atoms with Crippen LogP contribution in [0.2, 0.25) is 0 Å². The summed E-state index contributed by atoms with van der Waals surface area (Å²) in [6.07, 6.45) is -0.353. The molecule has 1 N–H and O–H groups in total. The second kappa shape index (κ2) is 10.1. The van der Waals surface area contributed by atoms with E-state index in [0.29, 0.717) is 17.2 Å². The van der Waals surface area contributed by atoms with Crippen LogP contribution >= 0.6 is 0 Å². The predicted octanol–water partition coefficient (Wildman–Crippen LogP) is 2.67. The lowest BCUT2D eigenvalue weighted by molar-refractivity contribution is -0.146. The molecule has 0 heterocycles. The van der Waals surface area contributed by atoms with Crippen LogP contribution in [0.1, 0.15) is 17.5 Å². The van der Waals surface area contributed by atoms with E-state index < -0.39 is 34.1 Å². The van der Waals surface area contributed by atoms with Gasteiger partial charge in [0.25, 0.3) is 5.91 Å². The molecule has 0 saturated carbocycles. The molecule has 0 saturated heterocycles. The number of nitrogens with one attached hydrogen (secondary N) is 1. The third-order valence-electron chi connectivity index (χ3n) is 4.46. The molecular weight excluding hydrogens is 410 g/mol. The topological polar surface area (TPSA) is 108 Å². The Morgan fingerprint density at radius 2 is 1.70 bits per heavy atom. The molecule has 0 atom stereocenters. The number of ether oxygens (including phenoxy) is 3. The third kappa shape index (κ3) is 6.21. The monoisotopic (exact) mass is 435 g/mol. The van der Waals surface area contributed by atoms with Crippen molar-refractivity contribution in [3.8, 4) is 11.5 Å². The number of esters is 1. The molecule has 0 aliphatic heterocycles. The maximum absolute atomic E-state index is 12.4. The van der Waals surface area contributed by atoms with Crippen molar-refractivity contribution in [1.82, 2.24) is 0 Å². The molecule has 0 radical (unpaired) electrons. The second-order valence-corrected chi connectivity index (χ2v) is 8.70. The Morgan fingerprint density at radius 3 is 2.33 bits per heavy atom. The normalized spacial score (nSPS) is 10.9. The first-order valence-electron chi connectivity index (χ1n) is 9.14. The summed E-state index contributed by atoms with van der Waals surface area (Å²) >= 11 is 0. The maximum Gasteiger partial charge on any atom is 0.307 e. The van der Waals surface area contributed by atoms with E-state index in [1.165, 1.54) is 20.3 Å². The van der Waals surface area contributed by atoms with Crippen molar-refractivity contribution < 1.29 is 32.2 Å². The van der Waals surface area contributed by atoms with Gasteiger partial charge in [0, 0.05) is 6.07 Å². The fraction of sp³-hybridized carbons (Fsp3) is 0.333. The average Bonchev–Trinajstić information content (AvgIpc) is 2.73. The Hall–Kier alpha value is -3.07. The van der Waals surface area contributed by atoms with Gasteiger partial charge in [0.05, 0.1) is 37.0 Å². The van der Waals surface area contributed by atoms with Gasteiger partial charge in [-0.3, -0.25) is 9.59 Å². The predicted molar refractivity (Wildman–Crippen MR) is 112 cm³/mol. The minimum absolute atomic E-state index is 0.155. The molecule has 2 aromatic carbocycles. The highest BCUT2D eigenvalue weighted by Crippen LogP contribution is 2.28. The lowest BCUT2D eigenvalue weighted by atomic mass is 10.1. The van der Waals surface area contributed by atoms with E-state index in [2.05, 4.69) is 5.32 Å². The summed E-state index contributed by atoms with van der Waals surface area (Å²) in [6, 6.07) is 9.64. The van der Waals surface area contributed by atoms with Gasteiger partial charge in [-0.25, -0.2) is 8.42 Å². The highest BCUT2D eigenvalue weighted by molar-refractivity contribution is 7.91. The van der Waals surface area contributed by atoms with E-state index >= 15 is 0 Å². The minimum Gasteiger partial charge on any atom is -0.497 e. The molecule has 0 fully saturated rings. The third-order valence-corrected chi connectivity index (χ3v) is 6.17. The number of anilines is 1. The molecule has 162 valence electrons. The summed E-state index contributed by atoms with van der Waals surface area (Å²) in [4.78, 5) is 24.1. The van der Waals surface area contributed by atoms with Gasteiger partial charge in [0.2, 0.25) is 0 Å². The lowest BCUT2D eigenvalue weighted by Gasteiger charge is -2.12. The van der Waals surface area contributed by atoms with Crippen molar-refractivity contribution in [3.05, 3.63) is 47.5 Å². The molecule has 0 unspecified atom stereocenters. The Balaban J connectivity index is 1.87. The zero-order chi connectivity index (χ0) is 22.3. The van der Waals surface area contributed by atoms with E-state index in [4.69, 9.17) is 14.2 Å². The number of sulfone groups is 1. The smallest absolute Gasteiger partial charge is 0.307 e. The number of aryl methyl sites for hydroxylation is 2. The summed E-state index contributed by atoms with van der Waals surface area (Å²) in [5.41, 5.74) is 2.22. The summed E-state index contributed by atoms with van der Waals surface area (Å²) in [5, 5.41) is 2.56. The Kier molecular flexibility index (Phi) is 7.82. The number of benzene rings is 2. The largest absolute Gasteiger partial charge is 0.497 e. The molecule has 30 heavy (non-hydrogen) atoms. The van der Waals surface area contributed by atoms with Gasteiger partial charge in [-0.1, -0.05) is 6.07 Å². The van der Waals surface area contributed by atoms with Gasteiger partial charge < -0.3 is 19.5 Å².